The molecule has 0 aliphatic carbocycles. The van der Waals surface area contributed by atoms with Gasteiger partial charge in [0.05, 0.1) is 0 Å². The van der Waals surface area contributed by atoms with Crippen LogP contribution in [0.3, 0.4) is 0 Å². The monoisotopic (exact) mass is 313 g/mol. The fraction of sp³-hybridized carbons (Fsp3) is 0.333. The molecule has 5 heteroatoms. The van der Waals surface area contributed by atoms with Crippen LogP contribution in [0.2, 0.25) is 0 Å². The third-order valence-corrected chi connectivity index (χ3v) is 3.85. The third-order valence-electron chi connectivity index (χ3n) is 3.85. The number of carbonyl (C=O) groups excluding carboxylic acids is 2. The number of rotatable bonds is 6. The second kappa shape index (κ2) is 8.29. The van der Waals surface area contributed by atoms with Crippen LogP contribution in [0.15, 0.2) is 42.5 Å². The van der Waals surface area contributed by atoms with Crippen molar-refractivity contribution in [3.05, 3.63) is 42.5 Å². The second-order valence-electron chi connectivity index (χ2n) is 5.26. The second-order valence-corrected chi connectivity index (χ2v) is 5.26. The molecule has 0 radical (unpaired) electrons. The lowest BCUT2D eigenvalue weighted by Crippen LogP contribution is -2.40. The van der Waals surface area contributed by atoms with Crippen molar-refractivity contribution in [2.24, 2.45) is 0 Å². The number of nitrogens with one attached hydrogen (secondary N) is 2. The lowest BCUT2D eigenvalue weighted by atomic mass is 10.1. The largest absolute Gasteiger partial charge is 0.347 e. The zero-order valence-corrected chi connectivity index (χ0v) is 13.6. The smallest absolute Gasteiger partial charge is 0.313 e. The number of hydrogen-bond donors (Lipinski definition) is 2. The van der Waals surface area contributed by atoms with Crippen LogP contribution in [0.5, 0.6) is 0 Å². The van der Waals surface area contributed by atoms with Crippen LogP contribution in [0, 0.1) is 0 Å². The Kier molecular flexibility index (Phi) is 6.11. The first-order valence-corrected chi connectivity index (χ1v) is 7.95. The Morgan fingerprint density at radius 1 is 0.957 bits per heavy atom. The lowest BCUT2D eigenvalue weighted by molar-refractivity contribution is -0.136. The molecule has 0 saturated carbocycles. The molecule has 2 N–H and O–H groups in total. The molecule has 0 aliphatic heterocycles. The Bertz CT molecular complexity index is 676. The van der Waals surface area contributed by atoms with E-state index in [4.69, 9.17) is 0 Å². The number of likely N-dealkylation sites (N-methyl/N-ethyl adjacent to an activating group) is 1. The average molecular weight is 313 g/mol. The summed E-state index contributed by atoms with van der Waals surface area (Å²) in [5.41, 5.74) is 0.645. The molecule has 122 valence electrons. The number of carbonyl (C=O) groups is 2. The maximum absolute atomic E-state index is 12.0. The molecule has 2 aromatic carbocycles. The number of nitrogens with zero attached hydrogens (tertiary/aromatic N) is 1. The van der Waals surface area contributed by atoms with Crippen LogP contribution in [0.1, 0.15) is 13.8 Å². The van der Waals surface area contributed by atoms with E-state index in [1.807, 2.05) is 36.4 Å². The van der Waals surface area contributed by atoms with E-state index in [2.05, 4.69) is 29.4 Å². The van der Waals surface area contributed by atoms with Gasteiger partial charge in [-0.05, 0) is 24.5 Å². The minimum Gasteiger partial charge on any atom is -0.347 e. The minimum absolute atomic E-state index is 0.462. The Morgan fingerprint density at radius 3 is 2.39 bits per heavy atom. The molecular weight excluding hydrogens is 290 g/mol. The van der Waals surface area contributed by atoms with E-state index in [9.17, 15) is 9.59 Å². The molecule has 5 nitrogen and oxygen atoms in total. The molecule has 0 heterocycles. The van der Waals surface area contributed by atoms with Gasteiger partial charge in [0.1, 0.15) is 0 Å². The van der Waals surface area contributed by atoms with Crippen LogP contribution in [0.4, 0.5) is 5.69 Å². The molecule has 0 atom stereocenters. The fourth-order valence-electron chi connectivity index (χ4n) is 2.46. The number of amides is 2. The molecule has 2 aromatic rings. The number of fused-ring (bicyclic) bond motifs is 1. The summed E-state index contributed by atoms with van der Waals surface area (Å²) in [6.45, 7) is 7.18. The number of anilines is 1. The average Bonchev–Trinajstić information content (AvgIpc) is 2.59. The Labute approximate surface area is 136 Å². The molecule has 23 heavy (non-hydrogen) atoms. The van der Waals surface area contributed by atoms with E-state index >= 15 is 0 Å². The third kappa shape index (κ3) is 4.53. The van der Waals surface area contributed by atoms with Crippen LogP contribution in [0.25, 0.3) is 10.8 Å². The molecule has 0 aromatic heterocycles. The van der Waals surface area contributed by atoms with E-state index in [0.29, 0.717) is 12.2 Å². The van der Waals surface area contributed by atoms with Crippen molar-refractivity contribution in [2.45, 2.75) is 13.8 Å². The number of hydrogen-bond acceptors (Lipinski definition) is 3. The molecule has 0 fully saturated rings. The molecule has 2 rings (SSSR count). The van der Waals surface area contributed by atoms with Crippen LogP contribution in [-0.2, 0) is 9.59 Å². The highest BCUT2D eigenvalue weighted by atomic mass is 16.2. The maximum Gasteiger partial charge on any atom is 0.313 e. The Morgan fingerprint density at radius 2 is 1.65 bits per heavy atom. The van der Waals surface area contributed by atoms with E-state index in [1.165, 1.54) is 0 Å². The highest BCUT2D eigenvalue weighted by Crippen LogP contribution is 2.22. The summed E-state index contributed by atoms with van der Waals surface area (Å²) in [5, 5.41) is 7.28. The molecule has 0 bridgehead atoms. The van der Waals surface area contributed by atoms with Crippen LogP contribution in [-0.4, -0.2) is 42.9 Å². The van der Waals surface area contributed by atoms with Gasteiger partial charge in [-0.25, -0.2) is 0 Å². The van der Waals surface area contributed by atoms with Crippen molar-refractivity contribution >= 4 is 28.3 Å². The summed E-state index contributed by atoms with van der Waals surface area (Å²) >= 11 is 0. The van der Waals surface area contributed by atoms with E-state index in [1.54, 1.807) is 6.07 Å². The standard InChI is InChI=1S/C18H23N3O2/c1-3-21(4-2)13-12-19-17(22)18(23)20-16-11-7-9-14-8-5-6-10-15(14)16/h5-11H,3-4,12-13H2,1-2H3,(H,19,22)(H,20,23). The summed E-state index contributed by atoms with van der Waals surface area (Å²) < 4.78 is 0. The minimum atomic E-state index is -0.638. The number of benzene rings is 2. The zero-order chi connectivity index (χ0) is 16.7. The first kappa shape index (κ1) is 17.0. The van der Waals surface area contributed by atoms with Crippen molar-refractivity contribution in [1.82, 2.24) is 10.2 Å². The highest BCUT2D eigenvalue weighted by molar-refractivity contribution is 6.40. The van der Waals surface area contributed by atoms with E-state index in [-0.39, 0.29) is 0 Å². The fourth-order valence-corrected chi connectivity index (χ4v) is 2.46. The topological polar surface area (TPSA) is 61.4 Å². The van der Waals surface area contributed by atoms with Gasteiger partial charge < -0.3 is 15.5 Å². The van der Waals surface area contributed by atoms with Gasteiger partial charge >= 0.3 is 11.8 Å². The normalized spacial score (nSPS) is 10.7. The molecule has 0 aliphatic rings. The molecular formula is C18H23N3O2. The Balaban J connectivity index is 1.94. The van der Waals surface area contributed by atoms with Gasteiger partial charge in [-0.1, -0.05) is 50.2 Å². The summed E-state index contributed by atoms with van der Waals surface area (Å²) in [7, 11) is 0. The molecule has 0 unspecified atom stereocenters. The van der Waals surface area contributed by atoms with Gasteiger partial charge in [-0.15, -0.1) is 0 Å². The SMILES string of the molecule is CCN(CC)CCNC(=O)C(=O)Nc1cccc2ccccc12. The Hall–Kier alpha value is -2.40. The van der Waals surface area contributed by atoms with Crippen molar-refractivity contribution in [3.8, 4) is 0 Å². The van der Waals surface area contributed by atoms with E-state index < -0.39 is 11.8 Å². The zero-order valence-electron chi connectivity index (χ0n) is 13.6. The highest BCUT2D eigenvalue weighted by Gasteiger charge is 2.14. The summed E-state index contributed by atoms with van der Waals surface area (Å²) in [6.07, 6.45) is 0. The van der Waals surface area contributed by atoms with Gasteiger partial charge in [0.15, 0.2) is 0 Å². The van der Waals surface area contributed by atoms with Gasteiger partial charge in [-0.2, -0.15) is 0 Å². The first-order valence-electron chi connectivity index (χ1n) is 7.95. The van der Waals surface area contributed by atoms with E-state index in [0.717, 1.165) is 30.4 Å². The first-order chi connectivity index (χ1) is 11.2. The maximum atomic E-state index is 12.0. The predicted molar refractivity (Wildman–Crippen MR) is 93.4 cm³/mol. The summed E-state index contributed by atoms with van der Waals surface area (Å²) in [6, 6.07) is 13.4. The van der Waals surface area contributed by atoms with Gasteiger partial charge in [0.25, 0.3) is 0 Å². The predicted octanol–water partition coefficient (Wildman–Crippen LogP) is 2.24. The van der Waals surface area contributed by atoms with Gasteiger partial charge in [0, 0.05) is 24.2 Å². The molecule has 0 spiro atoms. The van der Waals surface area contributed by atoms with Crippen molar-refractivity contribution < 1.29 is 9.59 Å². The van der Waals surface area contributed by atoms with Gasteiger partial charge in [0.2, 0.25) is 0 Å². The lowest BCUT2D eigenvalue weighted by Gasteiger charge is -2.17. The summed E-state index contributed by atoms with van der Waals surface area (Å²) in [4.78, 5) is 26.1. The van der Waals surface area contributed by atoms with Crippen LogP contribution < -0.4 is 10.6 Å². The van der Waals surface area contributed by atoms with Crippen molar-refractivity contribution in [3.63, 3.8) is 0 Å². The molecule has 2 amide bonds. The quantitative estimate of drug-likeness (QED) is 0.804. The summed E-state index contributed by atoms with van der Waals surface area (Å²) in [5.74, 6) is -1.24. The van der Waals surface area contributed by atoms with Crippen molar-refractivity contribution in [1.29, 1.82) is 0 Å². The van der Waals surface area contributed by atoms with Crippen molar-refractivity contribution in [2.75, 3.05) is 31.5 Å². The van der Waals surface area contributed by atoms with Gasteiger partial charge in [-0.3, -0.25) is 9.59 Å². The molecule has 0 saturated heterocycles. The van der Waals surface area contributed by atoms with Crippen LogP contribution >= 0.6 is 0 Å².